The predicted octanol–water partition coefficient (Wildman–Crippen LogP) is -0.455. The van der Waals surface area contributed by atoms with E-state index in [-0.39, 0.29) is 0 Å². The molecule has 0 radical (unpaired) electrons. The summed E-state index contributed by atoms with van der Waals surface area (Å²) in [6.45, 7) is 3.33. The summed E-state index contributed by atoms with van der Waals surface area (Å²) in [6.07, 6.45) is 1.72. The molecule has 0 spiro atoms. The maximum absolute atomic E-state index is 5.30. The van der Waals surface area contributed by atoms with Crippen LogP contribution in [0.1, 0.15) is 5.69 Å². The van der Waals surface area contributed by atoms with Gasteiger partial charge in [-0.15, -0.1) is 5.10 Å². The van der Waals surface area contributed by atoms with Crippen molar-refractivity contribution in [2.75, 3.05) is 6.54 Å². The van der Waals surface area contributed by atoms with Gasteiger partial charge >= 0.3 is 0 Å². The highest BCUT2D eigenvalue weighted by molar-refractivity contribution is 4.88. The molecule has 1 heterocycles. The second-order valence-corrected chi connectivity index (χ2v) is 1.89. The molecule has 9 heavy (non-hydrogen) atoms. The highest BCUT2D eigenvalue weighted by atomic mass is 15.4. The number of hydrogen-bond acceptors (Lipinski definition) is 3. The van der Waals surface area contributed by atoms with Gasteiger partial charge in [0.25, 0.3) is 0 Å². The van der Waals surface area contributed by atoms with Crippen molar-refractivity contribution >= 4 is 0 Å². The van der Waals surface area contributed by atoms with Gasteiger partial charge in [0.15, 0.2) is 0 Å². The molecule has 4 heteroatoms. The molecule has 1 rings (SSSR count). The second-order valence-electron chi connectivity index (χ2n) is 1.89. The molecule has 0 saturated heterocycles. The Kier molecular flexibility index (Phi) is 1.79. The maximum Gasteiger partial charge on any atom is 0.0722 e. The minimum Gasteiger partial charge on any atom is -0.329 e. The van der Waals surface area contributed by atoms with E-state index in [1.807, 2.05) is 6.92 Å². The molecule has 0 aliphatic carbocycles. The van der Waals surface area contributed by atoms with Crippen molar-refractivity contribution in [1.82, 2.24) is 15.0 Å². The molecule has 1 aromatic rings. The van der Waals surface area contributed by atoms with E-state index in [9.17, 15) is 0 Å². The van der Waals surface area contributed by atoms with E-state index in [4.69, 9.17) is 5.73 Å². The van der Waals surface area contributed by atoms with Crippen molar-refractivity contribution in [3.05, 3.63) is 11.9 Å². The molecule has 0 saturated carbocycles. The van der Waals surface area contributed by atoms with Crippen molar-refractivity contribution in [2.24, 2.45) is 5.73 Å². The van der Waals surface area contributed by atoms with Crippen LogP contribution < -0.4 is 5.73 Å². The molecule has 0 aliphatic rings. The zero-order valence-electron chi connectivity index (χ0n) is 5.41. The van der Waals surface area contributed by atoms with E-state index < -0.39 is 0 Å². The fourth-order valence-electron chi connectivity index (χ4n) is 0.652. The molecule has 4 nitrogen and oxygen atoms in total. The molecule has 0 fully saturated rings. The van der Waals surface area contributed by atoms with Crippen LogP contribution in [0.15, 0.2) is 6.20 Å². The van der Waals surface area contributed by atoms with E-state index in [1.54, 1.807) is 10.9 Å². The number of aryl methyl sites for hydroxylation is 1. The summed E-state index contributed by atoms with van der Waals surface area (Å²) in [5.41, 5.74) is 6.36. The molecule has 1 aromatic heterocycles. The summed E-state index contributed by atoms with van der Waals surface area (Å²) in [5, 5.41) is 7.49. The van der Waals surface area contributed by atoms with Gasteiger partial charge in [0.05, 0.1) is 18.4 Å². The van der Waals surface area contributed by atoms with Crippen LogP contribution in [-0.2, 0) is 6.54 Å². The Labute approximate surface area is 53.7 Å². The van der Waals surface area contributed by atoms with E-state index >= 15 is 0 Å². The van der Waals surface area contributed by atoms with Gasteiger partial charge in [0, 0.05) is 6.54 Å². The first-order valence-corrected chi connectivity index (χ1v) is 2.89. The van der Waals surface area contributed by atoms with Gasteiger partial charge in [-0.1, -0.05) is 5.21 Å². The minimum atomic E-state index is 0.615. The first-order chi connectivity index (χ1) is 4.34. The smallest absolute Gasteiger partial charge is 0.0722 e. The normalized spacial score (nSPS) is 10.0. The fourth-order valence-corrected chi connectivity index (χ4v) is 0.652. The monoisotopic (exact) mass is 126 g/mol. The molecule has 50 valence electrons. The van der Waals surface area contributed by atoms with Crippen LogP contribution in [0.2, 0.25) is 0 Å². The summed E-state index contributed by atoms with van der Waals surface area (Å²) < 4.78 is 1.78. The molecule has 2 N–H and O–H groups in total. The Hall–Kier alpha value is -0.900. The Morgan fingerprint density at radius 1 is 1.78 bits per heavy atom. The van der Waals surface area contributed by atoms with E-state index in [2.05, 4.69) is 10.3 Å². The molecule has 0 bridgehead atoms. The van der Waals surface area contributed by atoms with Gasteiger partial charge in [-0.2, -0.15) is 0 Å². The van der Waals surface area contributed by atoms with Crippen LogP contribution in [-0.4, -0.2) is 21.5 Å². The average molecular weight is 126 g/mol. The van der Waals surface area contributed by atoms with Crippen molar-refractivity contribution in [3.8, 4) is 0 Å². The zero-order chi connectivity index (χ0) is 6.69. The summed E-state index contributed by atoms with van der Waals surface area (Å²) in [6, 6.07) is 0. The number of nitrogens with zero attached hydrogens (tertiary/aromatic N) is 3. The van der Waals surface area contributed by atoms with Crippen LogP contribution in [0, 0.1) is 6.92 Å². The Morgan fingerprint density at radius 2 is 2.56 bits per heavy atom. The summed E-state index contributed by atoms with van der Waals surface area (Å²) in [7, 11) is 0. The lowest BCUT2D eigenvalue weighted by Gasteiger charge is -1.96. The van der Waals surface area contributed by atoms with Crippen molar-refractivity contribution < 1.29 is 0 Å². The van der Waals surface area contributed by atoms with E-state index in [0.29, 0.717) is 6.54 Å². The molecule has 0 aliphatic heterocycles. The van der Waals surface area contributed by atoms with Gasteiger partial charge in [-0.25, -0.2) is 4.68 Å². The fraction of sp³-hybridized carbons (Fsp3) is 0.600. The number of nitrogens with two attached hydrogens (primary N) is 1. The average Bonchev–Trinajstić information content (AvgIpc) is 2.18. The largest absolute Gasteiger partial charge is 0.329 e. The highest BCUT2D eigenvalue weighted by Gasteiger charge is 1.93. The maximum atomic E-state index is 5.30. The van der Waals surface area contributed by atoms with Gasteiger partial charge in [-0.05, 0) is 6.92 Å². The quantitative estimate of drug-likeness (QED) is 0.583. The molecule has 0 atom stereocenters. The lowest BCUT2D eigenvalue weighted by atomic mass is 10.5. The standard InChI is InChI=1S/C5H10N4/c1-5-4-7-8-9(5)3-2-6/h4H,2-3,6H2,1H3. The highest BCUT2D eigenvalue weighted by Crippen LogP contribution is 1.89. The number of rotatable bonds is 2. The summed E-state index contributed by atoms with van der Waals surface area (Å²) in [5.74, 6) is 0. The van der Waals surface area contributed by atoms with Gasteiger partial charge < -0.3 is 5.73 Å². The molecule has 0 unspecified atom stereocenters. The first kappa shape index (κ1) is 6.22. The Bertz CT molecular complexity index is 181. The second kappa shape index (κ2) is 2.59. The van der Waals surface area contributed by atoms with Crippen LogP contribution >= 0.6 is 0 Å². The lowest BCUT2D eigenvalue weighted by Crippen LogP contribution is -2.12. The molecule has 0 amide bonds. The van der Waals surface area contributed by atoms with Gasteiger partial charge in [0.1, 0.15) is 0 Å². The topological polar surface area (TPSA) is 56.7 Å². The first-order valence-electron chi connectivity index (χ1n) is 2.89. The van der Waals surface area contributed by atoms with Crippen molar-refractivity contribution in [1.29, 1.82) is 0 Å². The third-order valence-corrected chi connectivity index (χ3v) is 1.15. The third-order valence-electron chi connectivity index (χ3n) is 1.15. The predicted molar refractivity (Wildman–Crippen MR) is 33.8 cm³/mol. The van der Waals surface area contributed by atoms with Crippen LogP contribution in [0.25, 0.3) is 0 Å². The zero-order valence-corrected chi connectivity index (χ0v) is 5.41. The van der Waals surface area contributed by atoms with Gasteiger partial charge in [-0.3, -0.25) is 0 Å². The lowest BCUT2D eigenvalue weighted by molar-refractivity contribution is 0.584. The minimum absolute atomic E-state index is 0.615. The Balaban J connectivity index is 2.69. The third kappa shape index (κ3) is 1.26. The number of hydrogen-bond donors (Lipinski definition) is 1. The van der Waals surface area contributed by atoms with Crippen LogP contribution in [0.5, 0.6) is 0 Å². The van der Waals surface area contributed by atoms with E-state index in [0.717, 1.165) is 12.2 Å². The summed E-state index contributed by atoms with van der Waals surface area (Å²) in [4.78, 5) is 0. The summed E-state index contributed by atoms with van der Waals surface area (Å²) >= 11 is 0. The van der Waals surface area contributed by atoms with Crippen molar-refractivity contribution in [2.45, 2.75) is 13.5 Å². The van der Waals surface area contributed by atoms with Crippen molar-refractivity contribution in [3.63, 3.8) is 0 Å². The Morgan fingerprint density at radius 3 is 3.00 bits per heavy atom. The molecule has 0 aromatic carbocycles. The SMILES string of the molecule is Cc1cnnn1CCN. The van der Waals surface area contributed by atoms with Crippen LogP contribution in [0.4, 0.5) is 0 Å². The van der Waals surface area contributed by atoms with Gasteiger partial charge in [0.2, 0.25) is 0 Å². The number of aromatic nitrogens is 3. The van der Waals surface area contributed by atoms with Crippen LogP contribution in [0.3, 0.4) is 0 Å². The van der Waals surface area contributed by atoms with E-state index in [1.165, 1.54) is 0 Å². The molecular weight excluding hydrogens is 116 g/mol. The molecular formula is C5H10N4.